The van der Waals surface area contributed by atoms with Gasteiger partial charge >= 0.3 is 0 Å². The molecular formula is C19H23BrFN2O+. The predicted molar refractivity (Wildman–Crippen MR) is 98.8 cm³/mol. The zero-order valence-corrected chi connectivity index (χ0v) is 16.1. The molecule has 0 aliphatic rings. The van der Waals surface area contributed by atoms with Crippen LogP contribution >= 0.6 is 15.9 Å². The minimum Gasteiger partial charge on any atom is -0.326 e. The smallest absolute Gasteiger partial charge is 0.279 e. The number of benzene rings is 2. The maximum Gasteiger partial charge on any atom is 0.279 e. The highest BCUT2D eigenvalue weighted by Gasteiger charge is 2.15. The highest BCUT2D eigenvalue weighted by Crippen LogP contribution is 2.21. The van der Waals surface area contributed by atoms with Gasteiger partial charge in [-0.25, -0.2) is 4.39 Å². The van der Waals surface area contributed by atoms with Crippen molar-refractivity contribution in [2.45, 2.75) is 27.3 Å². The molecule has 2 N–H and O–H groups in total. The largest absolute Gasteiger partial charge is 0.326 e. The van der Waals surface area contributed by atoms with Crippen molar-refractivity contribution < 1.29 is 14.1 Å². The van der Waals surface area contributed by atoms with Crippen LogP contribution in [0.2, 0.25) is 0 Å². The molecule has 0 heterocycles. The Hall–Kier alpha value is -1.72. The molecule has 0 saturated carbocycles. The molecule has 2 rings (SSSR count). The number of rotatable bonds is 5. The van der Waals surface area contributed by atoms with Gasteiger partial charge in [-0.2, -0.15) is 0 Å². The average Bonchev–Trinajstić information content (AvgIpc) is 2.45. The molecule has 0 radical (unpaired) electrons. The van der Waals surface area contributed by atoms with Gasteiger partial charge < -0.3 is 10.2 Å². The second-order valence-corrected chi connectivity index (χ2v) is 7.28. The van der Waals surface area contributed by atoms with Gasteiger partial charge in [-0.15, -0.1) is 0 Å². The molecule has 0 bridgehead atoms. The number of carbonyl (C=O) groups excluding carboxylic acids is 1. The van der Waals surface area contributed by atoms with E-state index in [0.29, 0.717) is 16.6 Å². The number of nitrogens with one attached hydrogen (secondary N) is 2. The Morgan fingerprint density at radius 2 is 1.79 bits per heavy atom. The van der Waals surface area contributed by atoms with E-state index in [1.54, 1.807) is 6.07 Å². The Bertz CT molecular complexity index is 738. The lowest BCUT2D eigenvalue weighted by Crippen LogP contribution is -3.08. The number of amides is 1. The van der Waals surface area contributed by atoms with E-state index < -0.39 is 0 Å². The first-order valence-corrected chi connectivity index (χ1v) is 8.68. The molecule has 2 aromatic rings. The third-order valence-electron chi connectivity index (χ3n) is 3.91. The number of anilines is 1. The molecule has 0 aliphatic heterocycles. The van der Waals surface area contributed by atoms with Crippen molar-refractivity contribution in [2.24, 2.45) is 0 Å². The van der Waals surface area contributed by atoms with Crippen LogP contribution < -0.4 is 10.2 Å². The van der Waals surface area contributed by atoms with Crippen molar-refractivity contribution in [3.8, 4) is 0 Å². The van der Waals surface area contributed by atoms with Crippen molar-refractivity contribution in [1.29, 1.82) is 0 Å². The predicted octanol–water partition coefficient (Wildman–Crippen LogP) is 3.17. The van der Waals surface area contributed by atoms with Gasteiger partial charge in [-0.3, -0.25) is 4.79 Å². The molecular weight excluding hydrogens is 371 g/mol. The van der Waals surface area contributed by atoms with Crippen LogP contribution in [-0.4, -0.2) is 19.5 Å². The highest BCUT2D eigenvalue weighted by atomic mass is 79.9. The number of hydrogen-bond donors (Lipinski definition) is 2. The summed E-state index contributed by atoms with van der Waals surface area (Å²) in [6.07, 6.45) is 0. The van der Waals surface area contributed by atoms with Gasteiger partial charge in [0.05, 0.1) is 7.05 Å². The summed E-state index contributed by atoms with van der Waals surface area (Å²) >= 11 is 3.25. The van der Waals surface area contributed by atoms with Crippen LogP contribution in [0.25, 0.3) is 0 Å². The normalized spacial score (nSPS) is 12.1. The number of halogens is 2. The fourth-order valence-electron chi connectivity index (χ4n) is 2.89. The zero-order chi connectivity index (χ0) is 17.9. The Morgan fingerprint density at radius 1 is 1.17 bits per heavy atom. The van der Waals surface area contributed by atoms with Gasteiger partial charge in [0.15, 0.2) is 6.54 Å². The van der Waals surface area contributed by atoms with Crippen LogP contribution in [0.5, 0.6) is 0 Å². The molecule has 3 nitrogen and oxygen atoms in total. The van der Waals surface area contributed by atoms with E-state index in [0.717, 1.165) is 21.7 Å². The minimum atomic E-state index is -0.255. The molecule has 0 saturated heterocycles. The molecule has 0 aromatic heterocycles. The van der Waals surface area contributed by atoms with Crippen LogP contribution in [0.4, 0.5) is 10.1 Å². The second-order valence-electron chi connectivity index (χ2n) is 6.37. The fraction of sp³-hybridized carbons (Fsp3) is 0.316. The Kier molecular flexibility index (Phi) is 6.13. The van der Waals surface area contributed by atoms with Gasteiger partial charge in [0.2, 0.25) is 0 Å². The lowest BCUT2D eigenvalue weighted by Gasteiger charge is -2.16. The third-order valence-corrected chi connectivity index (χ3v) is 4.40. The van der Waals surface area contributed by atoms with E-state index in [1.165, 1.54) is 11.6 Å². The first-order chi connectivity index (χ1) is 11.3. The lowest BCUT2D eigenvalue weighted by atomic mass is 10.1. The number of quaternary nitrogens is 1. The molecule has 24 heavy (non-hydrogen) atoms. The monoisotopic (exact) mass is 393 g/mol. The van der Waals surface area contributed by atoms with E-state index in [4.69, 9.17) is 0 Å². The molecule has 0 fully saturated rings. The van der Waals surface area contributed by atoms with Crippen LogP contribution in [0, 0.1) is 26.6 Å². The van der Waals surface area contributed by atoms with Crippen molar-refractivity contribution in [1.82, 2.24) is 0 Å². The summed E-state index contributed by atoms with van der Waals surface area (Å²) in [4.78, 5) is 13.2. The molecule has 1 amide bonds. The number of likely N-dealkylation sites (N-methyl/N-ethyl adjacent to an activating group) is 1. The average molecular weight is 394 g/mol. The van der Waals surface area contributed by atoms with Crippen LogP contribution in [0.3, 0.4) is 0 Å². The second kappa shape index (κ2) is 7.90. The molecule has 2 aromatic carbocycles. The molecule has 128 valence electrons. The summed E-state index contributed by atoms with van der Waals surface area (Å²) in [7, 11) is 1.88. The number of hydrogen-bond acceptors (Lipinski definition) is 1. The zero-order valence-electron chi connectivity index (χ0n) is 14.5. The van der Waals surface area contributed by atoms with E-state index >= 15 is 0 Å². The first kappa shape index (κ1) is 18.6. The summed E-state index contributed by atoms with van der Waals surface area (Å²) in [5.74, 6) is -0.325. The van der Waals surface area contributed by atoms with Crippen molar-refractivity contribution in [3.63, 3.8) is 0 Å². The topological polar surface area (TPSA) is 33.5 Å². The summed E-state index contributed by atoms with van der Waals surface area (Å²) < 4.78 is 14.6. The molecule has 1 unspecified atom stereocenters. The van der Waals surface area contributed by atoms with E-state index in [1.807, 2.05) is 33.9 Å². The molecule has 5 heteroatoms. The maximum absolute atomic E-state index is 13.9. The summed E-state index contributed by atoms with van der Waals surface area (Å²) in [5, 5.41) is 2.99. The first-order valence-electron chi connectivity index (χ1n) is 7.89. The Labute approximate surface area is 151 Å². The van der Waals surface area contributed by atoms with E-state index in [-0.39, 0.29) is 18.3 Å². The maximum atomic E-state index is 13.9. The Morgan fingerprint density at radius 3 is 2.38 bits per heavy atom. The number of carbonyl (C=O) groups is 1. The van der Waals surface area contributed by atoms with Crippen LogP contribution in [0.15, 0.2) is 34.8 Å². The van der Waals surface area contributed by atoms with Crippen molar-refractivity contribution >= 4 is 27.5 Å². The van der Waals surface area contributed by atoms with Gasteiger partial charge in [0.1, 0.15) is 12.4 Å². The Balaban J connectivity index is 1.99. The highest BCUT2D eigenvalue weighted by molar-refractivity contribution is 9.10. The van der Waals surface area contributed by atoms with Crippen LogP contribution in [-0.2, 0) is 11.3 Å². The summed E-state index contributed by atoms with van der Waals surface area (Å²) in [5.41, 5.74) is 4.76. The fourth-order valence-corrected chi connectivity index (χ4v) is 3.22. The minimum absolute atomic E-state index is 0.0694. The van der Waals surface area contributed by atoms with Gasteiger partial charge in [-0.05, 0) is 50.1 Å². The quantitative estimate of drug-likeness (QED) is 0.803. The standard InChI is InChI=1S/C19H22BrFN2O/c1-12-7-13(2)19(14(3)8-12)22-18(24)11-23(4)10-15-5-6-16(20)9-17(15)21/h5-9H,10-11H2,1-4H3,(H,22,24)/p+1. The van der Waals surface area contributed by atoms with Crippen molar-refractivity contribution in [3.05, 3.63) is 62.9 Å². The summed E-state index contributed by atoms with van der Waals surface area (Å²) in [6.45, 7) is 6.75. The van der Waals surface area contributed by atoms with Gasteiger partial charge in [0.25, 0.3) is 5.91 Å². The van der Waals surface area contributed by atoms with Gasteiger partial charge in [0, 0.05) is 15.7 Å². The SMILES string of the molecule is Cc1cc(C)c(NC(=O)C[NH+](C)Cc2ccc(Br)cc2F)c(C)c1. The van der Waals surface area contributed by atoms with E-state index in [9.17, 15) is 9.18 Å². The number of aryl methyl sites for hydroxylation is 3. The summed E-state index contributed by atoms with van der Waals surface area (Å²) in [6, 6.07) is 9.11. The van der Waals surface area contributed by atoms with Crippen molar-refractivity contribution in [2.75, 3.05) is 18.9 Å². The van der Waals surface area contributed by atoms with Crippen LogP contribution in [0.1, 0.15) is 22.3 Å². The van der Waals surface area contributed by atoms with E-state index in [2.05, 4.69) is 33.4 Å². The van der Waals surface area contributed by atoms with Gasteiger partial charge in [-0.1, -0.05) is 33.6 Å². The molecule has 1 atom stereocenters. The third kappa shape index (κ3) is 4.89. The lowest BCUT2D eigenvalue weighted by molar-refractivity contribution is -0.885. The molecule has 0 aliphatic carbocycles. The molecule has 0 spiro atoms.